The van der Waals surface area contributed by atoms with Crippen molar-refractivity contribution in [3.05, 3.63) is 48.0 Å². The maximum absolute atomic E-state index is 13.1. The minimum atomic E-state index is -3.79. The Morgan fingerprint density at radius 2 is 2.21 bits per heavy atom. The fourth-order valence-electron chi connectivity index (χ4n) is 2.88. The number of nitrogens with zero attached hydrogens (tertiary/aromatic N) is 3. The lowest BCUT2D eigenvalue weighted by molar-refractivity contribution is 0.0910. The van der Waals surface area contributed by atoms with Gasteiger partial charge in [-0.05, 0) is 31.0 Å². The van der Waals surface area contributed by atoms with Gasteiger partial charge in [0.2, 0.25) is 0 Å². The molecule has 1 amide bonds. The molecule has 0 radical (unpaired) electrons. The van der Waals surface area contributed by atoms with E-state index in [9.17, 15) is 18.7 Å². The van der Waals surface area contributed by atoms with E-state index in [-0.39, 0.29) is 29.5 Å². The monoisotopic (exact) mass is 404 g/mol. The Morgan fingerprint density at radius 3 is 2.89 bits per heavy atom. The summed E-state index contributed by atoms with van der Waals surface area (Å²) < 4.78 is 27.4. The van der Waals surface area contributed by atoms with Crippen molar-refractivity contribution in [2.45, 2.75) is 31.6 Å². The molecule has 0 saturated heterocycles. The van der Waals surface area contributed by atoms with Crippen LogP contribution in [0.2, 0.25) is 0 Å². The SMILES string of the molecule is CC(C)(CO)CNC(=O)c1cnc2c(c1)N([S+](=O)([O-])c1cccnc1)CCC2. The van der Waals surface area contributed by atoms with E-state index >= 15 is 0 Å². The molecule has 1 atom stereocenters. The highest BCUT2D eigenvalue weighted by atomic mass is 32.3. The minimum Gasteiger partial charge on any atom is -0.588 e. The number of amides is 1. The molecule has 0 fully saturated rings. The van der Waals surface area contributed by atoms with Gasteiger partial charge in [0.25, 0.3) is 5.91 Å². The summed E-state index contributed by atoms with van der Waals surface area (Å²) in [7, 11) is -3.79. The zero-order valence-electron chi connectivity index (χ0n) is 15.9. The van der Waals surface area contributed by atoms with Crippen LogP contribution in [-0.2, 0) is 21.0 Å². The first kappa shape index (κ1) is 20.4. The van der Waals surface area contributed by atoms with Crippen molar-refractivity contribution in [3.8, 4) is 0 Å². The number of carbonyl (C=O) groups is 1. The average molecular weight is 404 g/mol. The lowest BCUT2D eigenvalue weighted by atomic mass is 9.95. The molecule has 0 aliphatic carbocycles. The van der Waals surface area contributed by atoms with Crippen LogP contribution in [0.25, 0.3) is 0 Å². The fraction of sp³-hybridized carbons (Fsp3) is 0.421. The standard InChI is InChI=1S/C19H24N4O4S/c1-19(2,13-24)12-22-18(25)14-9-17-16(21-10-14)6-4-8-23(17)28(26,27)15-5-3-7-20-11-15/h3,5,7,9-11,24H,4,6,8,12-13H2,1-2H3,(H-,22,25,26,27). The van der Waals surface area contributed by atoms with E-state index in [0.29, 0.717) is 30.8 Å². The first-order chi connectivity index (χ1) is 13.2. The predicted octanol–water partition coefficient (Wildman–Crippen LogP) is 1.58. The summed E-state index contributed by atoms with van der Waals surface area (Å²) >= 11 is 0. The third-order valence-corrected chi connectivity index (χ3v) is 6.43. The second kappa shape index (κ2) is 7.94. The zero-order chi connectivity index (χ0) is 20.4. The Labute approximate surface area is 165 Å². The molecule has 1 aliphatic rings. The maximum atomic E-state index is 13.1. The molecule has 150 valence electrons. The van der Waals surface area contributed by atoms with Gasteiger partial charge in [-0.3, -0.25) is 14.8 Å². The highest BCUT2D eigenvalue weighted by Crippen LogP contribution is 2.33. The van der Waals surface area contributed by atoms with E-state index in [1.165, 1.54) is 29.0 Å². The Morgan fingerprint density at radius 1 is 1.43 bits per heavy atom. The smallest absolute Gasteiger partial charge is 0.252 e. The van der Waals surface area contributed by atoms with E-state index in [2.05, 4.69) is 15.3 Å². The number of pyridine rings is 2. The third-order valence-electron chi connectivity index (χ3n) is 4.63. The molecule has 0 spiro atoms. The van der Waals surface area contributed by atoms with Crippen LogP contribution < -0.4 is 9.62 Å². The summed E-state index contributed by atoms with van der Waals surface area (Å²) in [6.45, 7) is 4.21. The van der Waals surface area contributed by atoms with E-state index in [0.717, 1.165) is 0 Å². The number of hydrogen-bond donors (Lipinski definition) is 2. The number of hydrogen-bond acceptors (Lipinski definition) is 6. The number of aliphatic hydroxyl groups is 1. The number of aryl methyl sites for hydroxylation is 1. The summed E-state index contributed by atoms with van der Waals surface area (Å²) in [5.74, 6) is -0.360. The summed E-state index contributed by atoms with van der Waals surface area (Å²) in [5, 5.41) is 12.1. The Hall–Kier alpha value is -2.36. The van der Waals surface area contributed by atoms with Crippen LogP contribution in [0, 0.1) is 5.41 Å². The molecule has 2 aromatic heterocycles. The number of fused-ring (bicyclic) bond motifs is 1. The van der Waals surface area contributed by atoms with Crippen LogP contribution in [0.4, 0.5) is 5.69 Å². The second-order valence-electron chi connectivity index (χ2n) is 7.56. The molecule has 1 aliphatic heterocycles. The molecule has 28 heavy (non-hydrogen) atoms. The van der Waals surface area contributed by atoms with Crippen molar-refractivity contribution in [2.75, 3.05) is 24.0 Å². The van der Waals surface area contributed by atoms with Gasteiger partial charge in [-0.2, -0.15) is 4.31 Å². The van der Waals surface area contributed by atoms with Crippen LogP contribution in [0.5, 0.6) is 0 Å². The highest BCUT2D eigenvalue weighted by molar-refractivity contribution is 7.99. The van der Waals surface area contributed by atoms with Gasteiger partial charge in [0.15, 0.2) is 15.3 Å². The van der Waals surface area contributed by atoms with Gasteiger partial charge in [0.1, 0.15) is 5.69 Å². The van der Waals surface area contributed by atoms with E-state index < -0.39 is 15.8 Å². The van der Waals surface area contributed by atoms with Crippen molar-refractivity contribution in [2.24, 2.45) is 5.41 Å². The summed E-state index contributed by atoms with van der Waals surface area (Å²) in [5.41, 5.74) is 0.892. The molecule has 0 aromatic carbocycles. The average Bonchev–Trinajstić information content (AvgIpc) is 2.71. The largest absolute Gasteiger partial charge is 0.588 e. The van der Waals surface area contributed by atoms with Crippen molar-refractivity contribution < 1.29 is 18.7 Å². The Bertz CT molecular complexity index is 904. The molecule has 0 saturated carbocycles. The van der Waals surface area contributed by atoms with Crippen LogP contribution >= 0.6 is 0 Å². The van der Waals surface area contributed by atoms with Crippen molar-refractivity contribution in [1.82, 2.24) is 15.3 Å². The predicted molar refractivity (Wildman–Crippen MR) is 104 cm³/mol. The van der Waals surface area contributed by atoms with E-state index in [1.807, 2.05) is 13.8 Å². The fourth-order valence-corrected chi connectivity index (χ4v) is 4.36. The van der Waals surface area contributed by atoms with E-state index in [4.69, 9.17) is 0 Å². The van der Waals surface area contributed by atoms with Gasteiger partial charge in [0, 0.05) is 31.0 Å². The molecule has 3 rings (SSSR count). The first-order valence-corrected chi connectivity index (χ1v) is 10.5. The van der Waals surface area contributed by atoms with Gasteiger partial charge in [0.05, 0.1) is 24.0 Å². The van der Waals surface area contributed by atoms with Gasteiger partial charge >= 0.3 is 0 Å². The van der Waals surface area contributed by atoms with Gasteiger partial charge in [-0.1, -0.05) is 18.1 Å². The van der Waals surface area contributed by atoms with Crippen LogP contribution in [0.1, 0.15) is 36.3 Å². The third kappa shape index (κ3) is 4.21. The number of aromatic nitrogens is 2. The van der Waals surface area contributed by atoms with Crippen LogP contribution in [0.15, 0.2) is 41.7 Å². The summed E-state index contributed by atoms with van der Waals surface area (Å²) in [6.07, 6.45) is 5.58. The lowest BCUT2D eigenvalue weighted by Crippen LogP contribution is -2.41. The van der Waals surface area contributed by atoms with Crippen molar-refractivity contribution >= 4 is 22.0 Å². The Kier molecular flexibility index (Phi) is 5.78. The van der Waals surface area contributed by atoms with Crippen molar-refractivity contribution in [3.63, 3.8) is 0 Å². The second-order valence-corrected chi connectivity index (χ2v) is 9.43. The molecule has 9 heteroatoms. The summed E-state index contributed by atoms with van der Waals surface area (Å²) in [4.78, 5) is 20.8. The van der Waals surface area contributed by atoms with Crippen LogP contribution in [-0.4, -0.2) is 45.2 Å². The van der Waals surface area contributed by atoms with Gasteiger partial charge < -0.3 is 15.0 Å². The Balaban J connectivity index is 1.90. The number of nitrogens with one attached hydrogen (secondary N) is 1. The number of aliphatic hydroxyl groups excluding tert-OH is 1. The quantitative estimate of drug-likeness (QED) is 0.706. The minimum absolute atomic E-state index is 0.0626. The molecule has 1 unspecified atom stereocenters. The number of carbonyl (C=O) groups excluding carboxylic acids is 1. The maximum Gasteiger partial charge on any atom is 0.252 e. The molecular weight excluding hydrogens is 380 g/mol. The van der Waals surface area contributed by atoms with E-state index in [1.54, 1.807) is 12.1 Å². The molecule has 3 heterocycles. The lowest BCUT2D eigenvalue weighted by Gasteiger charge is -2.32. The number of anilines is 1. The van der Waals surface area contributed by atoms with Gasteiger partial charge in [-0.25, -0.2) is 0 Å². The molecule has 2 aromatic rings. The normalized spacial score (nSPS) is 16.2. The van der Waals surface area contributed by atoms with Gasteiger partial charge in [-0.15, -0.1) is 0 Å². The topological polar surface area (TPSA) is 118 Å². The molecule has 8 nitrogen and oxygen atoms in total. The number of sulfonamides is 1. The zero-order valence-corrected chi connectivity index (χ0v) is 16.7. The van der Waals surface area contributed by atoms with Crippen LogP contribution in [0.3, 0.4) is 0 Å². The molecule has 0 bridgehead atoms. The highest BCUT2D eigenvalue weighted by Gasteiger charge is 2.35. The first-order valence-electron chi connectivity index (χ1n) is 9.05. The molecule has 2 N–H and O–H groups in total. The molecular formula is C19H24N4O4S. The van der Waals surface area contributed by atoms with Crippen molar-refractivity contribution in [1.29, 1.82) is 0 Å². The number of rotatable bonds is 6. The summed E-state index contributed by atoms with van der Waals surface area (Å²) in [6, 6.07) is 4.64.